The Labute approximate surface area is 96.5 Å². The first-order chi connectivity index (χ1) is 7.70. The third-order valence-corrected chi connectivity index (χ3v) is 1.86. The molecule has 5 nitrogen and oxygen atoms in total. The monoisotopic (exact) mass is 231 g/mol. The zero-order valence-corrected chi connectivity index (χ0v) is 10.1. The molecule has 0 atom stereocenters. The van der Waals surface area contributed by atoms with Crippen LogP contribution in [0.15, 0.2) is 0 Å². The summed E-state index contributed by atoms with van der Waals surface area (Å²) in [5, 5.41) is 2.95. The fourth-order valence-corrected chi connectivity index (χ4v) is 1.15. The topological polar surface area (TPSA) is 64.6 Å². The maximum absolute atomic E-state index is 11.0. The van der Waals surface area contributed by atoms with Gasteiger partial charge in [-0.25, -0.2) is 0 Å². The third-order valence-electron chi connectivity index (χ3n) is 1.86. The van der Waals surface area contributed by atoms with Gasteiger partial charge in [-0.2, -0.15) is 0 Å². The summed E-state index contributed by atoms with van der Waals surface area (Å²) in [6.07, 6.45) is 2.06. The number of esters is 2. The minimum Gasteiger partial charge on any atom is -0.466 e. The quantitative estimate of drug-likeness (QED) is 0.471. The Bertz CT molecular complexity index is 184. The lowest BCUT2D eigenvalue weighted by Crippen LogP contribution is -2.25. The fraction of sp³-hybridized carbons (Fsp3) is 0.818. The standard InChI is InChI=1S/C11H21NO4/c1-3-15-10(13)7-5-6-8-12-9-11(14)16-4-2/h12H,3-9H2,1-2H3. The Morgan fingerprint density at radius 1 is 1.00 bits per heavy atom. The van der Waals surface area contributed by atoms with E-state index < -0.39 is 0 Å². The van der Waals surface area contributed by atoms with Crippen LogP contribution in [0, 0.1) is 0 Å². The van der Waals surface area contributed by atoms with E-state index in [-0.39, 0.29) is 18.5 Å². The molecule has 0 rings (SSSR count). The Morgan fingerprint density at radius 3 is 2.25 bits per heavy atom. The number of hydrogen-bond acceptors (Lipinski definition) is 5. The molecule has 0 aliphatic heterocycles. The molecule has 0 aromatic rings. The first-order valence-corrected chi connectivity index (χ1v) is 5.72. The maximum Gasteiger partial charge on any atom is 0.319 e. The zero-order chi connectivity index (χ0) is 12.2. The summed E-state index contributed by atoms with van der Waals surface area (Å²) in [6.45, 7) is 5.34. The fourth-order valence-electron chi connectivity index (χ4n) is 1.15. The van der Waals surface area contributed by atoms with E-state index in [4.69, 9.17) is 9.47 Å². The van der Waals surface area contributed by atoms with Gasteiger partial charge in [0, 0.05) is 6.42 Å². The summed E-state index contributed by atoms with van der Waals surface area (Å²) in [5.74, 6) is -0.402. The van der Waals surface area contributed by atoms with E-state index in [1.165, 1.54) is 0 Å². The van der Waals surface area contributed by atoms with Crippen molar-refractivity contribution in [2.45, 2.75) is 33.1 Å². The highest BCUT2D eigenvalue weighted by Crippen LogP contribution is 1.96. The summed E-state index contributed by atoms with van der Waals surface area (Å²) in [4.78, 5) is 21.9. The highest BCUT2D eigenvalue weighted by molar-refractivity contribution is 5.71. The summed E-state index contributed by atoms with van der Waals surface area (Å²) in [6, 6.07) is 0. The number of nitrogens with one attached hydrogen (secondary N) is 1. The first-order valence-electron chi connectivity index (χ1n) is 5.72. The molecule has 0 bridgehead atoms. The van der Waals surface area contributed by atoms with Crippen molar-refractivity contribution < 1.29 is 19.1 Å². The number of rotatable bonds is 9. The molecular weight excluding hydrogens is 210 g/mol. The molecule has 0 saturated heterocycles. The molecule has 0 unspecified atom stereocenters. The Hall–Kier alpha value is -1.10. The van der Waals surface area contributed by atoms with Crippen LogP contribution in [0.25, 0.3) is 0 Å². The van der Waals surface area contributed by atoms with E-state index in [1.807, 2.05) is 0 Å². The van der Waals surface area contributed by atoms with E-state index >= 15 is 0 Å². The van der Waals surface area contributed by atoms with Crippen molar-refractivity contribution in [3.63, 3.8) is 0 Å². The molecule has 0 aromatic heterocycles. The van der Waals surface area contributed by atoms with Gasteiger partial charge in [0.1, 0.15) is 0 Å². The van der Waals surface area contributed by atoms with Crippen LogP contribution in [-0.4, -0.2) is 38.2 Å². The number of carbonyl (C=O) groups excluding carboxylic acids is 2. The molecule has 0 radical (unpaired) electrons. The molecule has 0 spiro atoms. The lowest BCUT2D eigenvalue weighted by atomic mass is 10.2. The van der Waals surface area contributed by atoms with Crippen LogP contribution in [0.3, 0.4) is 0 Å². The number of ether oxygens (including phenoxy) is 2. The molecule has 0 amide bonds. The molecule has 16 heavy (non-hydrogen) atoms. The van der Waals surface area contributed by atoms with Crippen LogP contribution in [0.4, 0.5) is 0 Å². The van der Waals surface area contributed by atoms with Crippen LogP contribution in [-0.2, 0) is 19.1 Å². The van der Waals surface area contributed by atoms with Crippen molar-refractivity contribution in [1.29, 1.82) is 0 Å². The summed E-state index contributed by atoms with van der Waals surface area (Å²) < 4.78 is 9.53. The third kappa shape index (κ3) is 9.45. The van der Waals surface area contributed by atoms with Gasteiger partial charge in [-0.05, 0) is 33.2 Å². The number of unbranched alkanes of at least 4 members (excludes halogenated alkanes) is 1. The average molecular weight is 231 g/mol. The Kier molecular flexibility index (Phi) is 9.70. The molecule has 0 aromatic carbocycles. The second-order valence-corrected chi connectivity index (χ2v) is 3.24. The van der Waals surface area contributed by atoms with E-state index in [9.17, 15) is 9.59 Å². The summed E-state index contributed by atoms with van der Waals surface area (Å²) >= 11 is 0. The van der Waals surface area contributed by atoms with Crippen LogP contribution < -0.4 is 5.32 Å². The molecule has 1 N–H and O–H groups in total. The SMILES string of the molecule is CCOC(=O)CCCCNCC(=O)OCC. The largest absolute Gasteiger partial charge is 0.466 e. The molecule has 0 aliphatic rings. The van der Waals surface area contributed by atoms with Crippen molar-refractivity contribution in [3.05, 3.63) is 0 Å². The van der Waals surface area contributed by atoms with Gasteiger partial charge in [0.15, 0.2) is 0 Å². The predicted octanol–water partition coefficient (Wildman–Crippen LogP) is 0.873. The summed E-state index contributed by atoms with van der Waals surface area (Å²) in [5.41, 5.74) is 0. The van der Waals surface area contributed by atoms with Crippen molar-refractivity contribution in [3.8, 4) is 0 Å². The zero-order valence-electron chi connectivity index (χ0n) is 10.1. The molecule has 0 saturated carbocycles. The highest BCUT2D eigenvalue weighted by Gasteiger charge is 2.02. The molecule has 0 aliphatic carbocycles. The average Bonchev–Trinajstić information content (AvgIpc) is 2.24. The Balaban J connectivity index is 3.21. The van der Waals surface area contributed by atoms with Crippen LogP contribution >= 0.6 is 0 Å². The van der Waals surface area contributed by atoms with Crippen molar-refractivity contribution in [2.75, 3.05) is 26.3 Å². The minimum atomic E-state index is -0.243. The van der Waals surface area contributed by atoms with Gasteiger partial charge in [0.05, 0.1) is 19.8 Å². The van der Waals surface area contributed by atoms with Crippen LogP contribution in [0.5, 0.6) is 0 Å². The molecule has 94 valence electrons. The van der Waals surface area contributed by atoms with Gasteiger partial charge in [0.2, 0.25) is 0 Å². The predicted molar refractivity (Wildman–Crippen MR) is 60.0 cm³/mol. The van der Waals surface area contributed by atoms with E-state index in [0.717, 1.165) is 12.8 Å². The molecular formula is C11H21NO4. The van der Waals surface area contributed by atoms with E-state index in [0.29, 0.717) is 26.2 Å². The van der Waals surface area contributed by atoms with Crippen molar-refractivity contribution >= 4 is 11.9 Å². The number of carbonyl (C=O) groups is 2. The van der Waals surface area contributed by atoms with Crippen molar-refractivity contribution in [1.82, 2.24) is 5.32 Å². The van der Waals surface area contributed by atoms with Gasteiger partial charge in [-0.3, -0.25) is 9.59 Å². The van der Waals surface area contributed by atoms with Crippen molar-refractivity contribution in [2.24, 2.45) is 0 Å². The van der Waals surface area contributed by atoms with E-state index in [2.05, 4.69) is 5.32 Å². The first kappa shape index (κ1) is 14.9. The molecule has 0 heterocycles. The van der Waals surface area contributed by atoms with Gasteiger partial charge >= 0.3 is 11.9 Å². The second kappa shape index (κ2) is 10.4. The van der Waals surface area contributed by atoms with Gasteiger partial charge in [-0.1, -0.05) is 0 Å². The normalized spacial score (nSPS) is 9.88. The molecule has 0 fully saturated rings. The summed E-state index contributed by atoms with van der Waals surface area (Å²) in [7, 11) is 0. The van der Waals surface area contributed by atoms with Gasteiger partial charge < -0.3 is 14.8 Å². The lowest BCUT2D eigenvalue weighted by Gasteiger charge is -2.04. The smallest absolute Gasteiger partial charge is 0.319 e. The van der Waals surface area contributed by atoms with Crippen LogP contribution in [0.2, 0.25) is 0 Å². The number of hydrogen-bond donors (Lipinski definition) is 1. The second-order valence-electron chi connectivity index (χ2n) is 3.24. The highest BCUT2D eigenvalue weighted by atomic mass is 16.5. The van der Waals surface area contributed by atoms with Gasteiger partial charge in [0.25, 0.3) is 0 Å². The lowest BCUT2D eigenvalue weighted by molar-refractivity contribution is -0.143. The Morgan fingerprint density at radius 2 is 1.62 bits per heavy atom. The van der Waals surface area contributed by atoms with Gasteiger partial charge in [-0.15, -0.1) is 0 Å². The van der Waals surface area contributed by atoms with Crippen LogP contribution in [0.1, 0.15) is 33.1 Å². The minimum absolute atomic E-state index is 0.159. The molecule has 5 heteroatoms. The maximum atomic E-state index is 11.0. The van der Waals surface area contributed by atoms with E-state index in [1.54, 1.807) is 13.8 Å².